The van der Waals surface area contributed by atoms with E-state index in [1.54, 1.807) is 0 Å². The third kappa shape index (κ3) is 3.49. The van der Waals surface area contributed by atoms with Gasteiger partial charge in [0.1, 0.15) is 0 Å². The molecule has 2 aliphatic carbocycles. The van der Waals surface area contributed by atoms with Gasteiger partial charge < -0.3 is 15.8 Å². The van der Waals surface area contributed by atoms with E-state index in [2.05, 4.69) is 5.32 Å². The molecule has 1 heterocycles. The highest BCUT2D eigenvalue weighted by atomic mass is 32.2. The van der Waals surface area contributed by atoms with Crippen LogP contribution in [0.3, 0.4) is 0 Å². The lowest BCUT2D eigenvalue weighted by atomic mass is 9.80. The lowest BCUT2D eigenvalue weighted by molar-refractivity contribution is -0.125. The topological polar surface area (TPSA) is 64.4 Å². The zero-order valence-corrected chi connectivity index (χ0v) is 12.9. The molecule has 0 aromatic rings. The standard InChI is InChI=1S/C15H26N2O2S/c16-14(18)15(17-11-5-6-11)7-1-4-13(9-15)20-10-12-3-2-8-19-12/h11-13,17H,1-10H2,(H2,16,18). The molecule has 3 atom stereocenters. The molecule has 0 spiro atoms. The van der Waals surface area contributed by atoms with Crippen molar-refractivity contribution in [1.82, 2.24) is 5.32 Å². The van der Waals surface area contributed by atoms with E-state index < -0.39 is 5.54 Å². The number of hydrogen-bond acceptors (Lipinski definition) is 4. The highest BCUT2D eigenvalue weighted by Gasteiger charge is 2.44. The van der Waals surface area contributed by atoms with Crippen LogP contribution in [0.15, 0.2) is 0 Å². The molecule has 3 aliphatic rings. The van der Waals surface area contributed by atoms with Crippen LogP contribution in [0.1, 0.15) is 51.4 Å². The molecule has 114 valence electrons. The van der Waals surface area contributed by atoms with Crippen LogP contribution in [0, 0.1) is 0 Å². The van der Waals surface area contributed by atoms with Gasteiger partial charge in [-0.2, -0.15) is 11.8 Å². The molecule has 2 saturated carbocycles. The summed E-state index contributed by atoms with van der Waals surface area (Å²) < 4.78 is 5.69. The van der Waals surface area contributed by atoms with E-state index in [1.165, 1.54) is 32.1 Å². The summed E-state index contributed by atoms with van der Waals surface area (Å²) in [6, 6.07) is 0.532. The van der Waals surface area contributed by atoms with Crippen molar-refractivity contribution in [2.75, 3.05) is 12.4 Å². The third-order valence-electron chi connectivity index (χ3n) is 4.78. The smallest absolute Gasteiger partial charge is 0.237 e. The number of amides is 1. The van der Waals surface area contributed by atoms with Gasteiger partial charge in [0.25, 0.3) is 0 Å². The van der Waals surface area contributed by atoms with Gasteiger partial charge in [0.15, 0.2) is 0 Å². The largest absolute Gasteiger partial charge is 0.377 e. The lowest BCUT2D eigenvalue weighted by Crippen LogP contribution is -2.59. The van der Waals surface area contributed by atoms with E-state index in [9.17, 15) is 4.79 Å². The van der Waals surface area contributed by atoms with Crippen molar-refractivity contribution < 1.29 is 9.53 Å². The second kappa shape index (κ2) is 6.24. The van der Waals surface area contributed by atoms with Gasteiger partial charge in [-0.1, -0.05) is 0 Å². The summed E-state index contributed by atoms with van der Waals surface area (Å²) >= 11 is 1.99. The van der Waals surface area contributed by atoms with E-state index in [1.807, 2.05) is 11.8 Å². The van der Waals surface area contributed by atoms with Crippen LogP contribution < -0.4 is 11.1 Å². The number of carbonyl (C=O) groups excluding carboxylic acids is 1. The fraction of sp³-hybridized carbons (Fsp3) is 0.933. The van der Waals surface area contributed by atoms with Gasteiger partial charge in [-0.3, -0.25) is 4.79 Å². The van der Waals surface area contributed by atoms with Crippen LogP contribution in [0.2, 0.25) is 0 Å². The average Bonchev–Trinajstić information content (AvgIpc) is 3.08. The van der Waals surface area contributed by atoms with Gasteiger partial charge in [0.05, 0.1) is 11.6 Å². The normalized spacial score (nSPS) is 38.0. The number of hydrogen-bond donors (Lipinski definition) is 2. The highest BCUT2D eigenvalue weighted by Crippen LogP contribution is 2.38. The SMILES string of the molecule is NC(=O)C1(NC2CC2)CCCC(SCC2CCCO2)C1. The zero-order chi connectivity index (χ0) is 14.0. The third-order valence-corrected chi connectivity index (χ3v) is 6.22. The van der Waals surface area contributed by atoms with Gasteiger partial charge in [-0.05, 0) is 51.4 Å². The Kier molecular flexibility index (Phi) is 4.58. The molecule has 1 amide bonds. The maximum absolute atomic E-state index is 12.0. The van der Waals surface area contributed by atoms with E-state index in [0.29, 0.717) is 17.4 Å². The second-order valence-corrected chi connectivity index (χ2v) is 7.89. The number of thioether (sulfide) groups is 1. The van der Waals surface area contributed by atoms with Crippen LogP contribution in [0.5, 0.6) is 0 Å². The summed E-state index contributed by atoms with van der Waals surface area (Å²) in [7, 11) is 0. The summed E-state index contributed by atoms with van der Waals surface area (Å²) in [5.74, 6) is 0.926. The first-order valence-corrected chi connectivity index (χ1v) is 9.04. The van der Waals surface area contributed by atoms with Gasteiger partial charge in [-0.25, -0.2) is 0 Å². The molecule has 0 radical (unpaired) electrons. The maximum atomic E-state index is 12.0. The number of nitrogens with one attached hydrogen (secondary N) is 1. The predicted molar refractivity (Wildman–Crippen MR) is 81.8 cm³/mol. The minimum Gasteiger partial charge on any atom is -0.377 e. The molecule has 0 aromatic carbocycles. The van der Waals surface area contributed by atoms with Crippen molar-refractivity contribution >= 4 is 17.7 Å². The lowest BCUT2D eigenvalue weighted by Gasteiger charge is -2.39. The quantitative estimate of drug-likeness (QED) is 0.785. The van der Waals surface area contributed by atoms with Gasteiger partial charge in [0, 0.05) is 23.7 Å². The Hall–Kier alpha value is -0.260. The fourth-order valence-corrected chi connectivity index (χ4v) is 4.92. The molecule has 5 heteroatoms. The molecule has 0 bridgehead atoms. The Morgan fingerprint density at radius 1 is 1.30 bits per heavy atom. The molecule has 1 aliphatic heterocycles. The van der Waals surface area contributed by atoms with Crippen molar-refractivity contribution in [2.24, 2.45) is 5.73 Å². The Morgan fingerprint density at radius 3 is 2.80 bits per heavy atom. The van der Waals surface area contributed by atoms with Gasteiger partial charge >= 0.3 is 0 Å². The predicted octanol–water partition coefficient (Wildman–Crippen LogP) is 1.82. The molecule has 3 unspecified atom stereocenters. The van der Waals surface area contributed by atoms with Crippen molar-refractivity contribution in [3.63, 3.8) is 0 Å². The molecule has 20 heavy (non-hydrogen) atoms. The summed E-state index contributed by atoms with van der Waals surface area (Å²) in [4.78, 5) is 12.0. The first-order valence-electron chi connectivity index (χ1n) is 7.99. The number of rotatable bonds is 6. The molecule has 4 nitrogen and oxygen atoms in total. The summed E-state index contributed by atoms with van der Waals surface area (Å²) in [6.45, 7) is 0.921. The van der Waals surface area contributed by atoms with Crippen molar-refractivity contribution in [2.45, 2.75) is 74.3 Å². The van der Waals surface area contributed by atoms with Crippen LogP contribution in [-0.2, 0) is 9.53 Å². The van der Waals surface area contributed by atoms with E-state index in [4.69, 9.17) is 10.5 Å². The summed E-state index contributed by atoms with van der Waals surface area (Å²) in [5, 5.41) is 4.09. The fourth-order valence-electron chi connectivity index (χ4n) is 3.43. The maximum Gasteiger partial charge on any atom is 0.237 e. The molecular weight excluding hydrogens is 272 g/mol. The summed E-state index contributed by atoms with van der Waals surface area (Å²) in [6.07, 6.45) is 9.34. The number of nitrogens with two attached hydrogens (primary N) is 1. The Morgan fingerprint density at radius 2 is 2.15 bits per heavy atom. The number of ether oxygens (including phenoxy) is 1. The Balaban J connectivity index is 1.54. The van der Waals surface area contributed by atoms with Crippen molar-refractivity contribution in [3.05, 3.63) is 0 Å². The van der Waals surface area contributed by atoms with Crippen molar-refractivity contribution in [3.8, 4) is 0 Å². The second-order valence-electron chi connectivity index (χ2n) is 6.55. The van der Waals surface area contributed by atoms with Crippen molar-refractivity contribution in [1.29, 1.82) is 0 Å². The highest BCUT2D eigenvalue weighted by molar-refractivity contribution is 7.99. The monoisotopic (exact) mass is 298 g/mol. The minimum atomic E-state index is -0.437. The first kappa shape index (κ1) is 14.7. The number of primary amides is 1. The van der Waals surface area contributed by atoms with E-state index in [0.717, 1.165) is 31.6 Å². The van der Waals surface area contributed by atoms with Gasteiger partial charge in [0.2, 0.25) is 5.91 Å². The minimum absolute atomic E-state index is 0.146. The van der Waals surface area contributed by atoms with Crippen LogP contribution in [-0.4, -0.2) is 41.2 Å². The average molecular weight is 298 g/mol. The van der Waals surface area contributed by atoms with Crippen LogP contribution >= 0.6 is 11.8 Å². The number of carbonyl (C=O) groups is 1. The molecule has 3 fully saturated rings. The van der Waals surface area contributed by atoms with Crippen LogP contribution in [0.4, 0.5) is 0 Å². The van der Waals surface area contributed by atoms with Crippen LogP contribution in [0.25, 0.3) is 0 Å². The molecule has 1 saturated heterocycles. The molecule has 3 N–H and O–H groups in total. The molecular formula is C15H26N2O2S. The Bertz CT molecular complexity index is 356. The summed E-state index contributed by atoms with van der Waals surface area (Å²) in [5.41, 5.74) is 5.29. The van der Waals surface area contributed by atoms with E-state index in [-0.39, 0.29) is 5.91 Å². The molecule has 3 rings (SSSR count). The van der Waals surface area contributed by atoms with Gasteiger partial charge in [-0.15, -0.1) is 0 Å². The Labute approximate surface area is 125 Å². The molecule has 0 aromatic heterocycles. The first-order chi connectivity index (χ1) is 9.68. The van der Waals surface area contributed by atoms with E-state index >= 15 is 0 Å². The zero-order valence-electron chi connectivity index (χ0n) is 12.1.